The van der Waals surface area contributed by atoms with E-state index in [9.17, 15) is 21.9 Å². The number of aromatic hydroxyl groups is 1. The molecule has 0 aliphatic heterocycles. The second-order valence-electron chi connectivity index (χ2n) is 8.59. The van der Waals surface area contributed by atoms with Crippen LogP contribution in [0.3, 0.4) is 0 Å². The van der Waals surface area contributed by atoms with Crippen LogP contribution in [-0.4, -0.2) is 100 Å². The zero-order valence-electron chi connectivity index (χ0n) is 27.7. The summed E-state index contributed by atoms with van der Waals surface area (Å²) >= 11 is 3.00. The molecule has 20 heteroatoms. The van der Waals surface area contributed by atoms with E-state index in [1.54, 1.807) is 44.7 Å². The fourth-order valence-electron chi connectivity index (χ4n) is 3.61. The number of rotatable bonds is 9. The Bertz CT molecular complexity index is 1790. The van der Waals surface area contributed by atoms with Gasteiger partial charge in [-0.05, 0) is 24.3 Å². The maximum atomic E-state index is 11.9. The maximum absolute atomic E-state index is 11.9. The van der Waals surface area contributed by atoms with E-state index in [4.69, 9.17) is 25.0 Å². The quantitative estimate of drug-likeness (QED) is 0.0352. The standard InChI is InChI=1S/C13H16N2O4S.C11H12N2O3S.C2H5BrO.CH2O3.2K.H/c1-14-10-3-4-15-11-8-12(19-6-5-16)13(7-9(10)11)20(2,17)18;1-12-8-3-4-13-9-6-10(14)11(5-7(8)9)17(2,15)16;3-1-2-4;2-1-4-3;;;/h3-4,7-8,16H,5-6H2,1-2H3,(H,14,15);3-6,14H,1-2H3,(H,12,13);4H,1-2H2;1,3H;;;/q;;;;2*+1;-1/p-1. The summed E-state index contributed by atoms with van der Waals surface area (Å²) in [5.41, 5.74) is 2.72. The number of nitrogens with zero attached hydrogens (tertiary/aromatic N) is 2. The first kappa shape index (κ1) is 48.6. The van der Waals surface area contributed by atoms with Crippen LogP contribution in [-0.2, 0) is 29.4 Å². The van der Waals surface area contributed by atoms with Gasteiger partial charge in [0.2, 0.25) is 0 Å². The third-order valence-electron chi connectivity index (χ3n) is 5.44. The number of phenols is 1. The summed E-state index contributed by atoms with van der Waals surface area (Å²) < 4.78 is 52.1. The number of hydrogen-bond donors (Lipinski definition) is 5. The minimum absolute atomic E-state index is 0. The molecule has 0 spiro atoms. The van der Waals surface area contributed by atoms with Crippen molar-refractivity contribution in [2.45, 2.75) is 9.79 Å². The summed E-state index contributed by atoms with van der Waals surface area (Å²) in [4.78, 5) is 19.5. The van der Waals surface area contributed by atoms with E-state index in [0.717, 1.165) is 23.9 Å². The zero-order valence-corrected chi connectivity index (χ0v) is 36.2. The molecule has 0 amide bonds. The van der Waals surface area contributed by atoms with Crippen LogP contribution < -0.4 is 123 Å². The van der Waals surface area contributed by atoms with Crippen molar-refractivity contribution in [1.82, 2.24) is 9.97 Å². The average molecular weight is 814 g/mol. The van der Waals surface area contributed by atoms with E-state index in [-0.39, 0.29) is 152 Å². The van der Waals surface area contributed by atoms with Crippen molar-refractivity contribution in [2.24, 2.45) is 0 Å². The number of alkyl halides is 1. The number of phenolic OH excluding ortho intramolecular Hbond substituents is 1. The molecule has 0 radical (unpaired) electrons. The second kappa shape index (κ2) is 24.6. The molecule has 15 nitrogen and oxygen atoms in total. The molecular weight excluding hydrogens is 779 g/mol. The molecule has 0 aliphatic rings. The van der Waals surface area contributed by atoms with Crippen LogP contribution in [0.15, 0.2) is 58.6 Å². The molecule has 0 saturated carbocycles. The van der Waals surface area contributed by atoms with Gasteiger partial charge in [-0.1, -0.05) is 15.9 Å². The van der Waals surface area contributed by atoms with Crippen molar-refractivity contribution in [3.63, 3.8) is 0 Å². The van der Waals surface area contributed by atoms with Gasteiger partial charge in [-0.15, -0.1) is 0 Å². The predicted molar refractivity (Wildman–Crippen MR) is 172 cm³/mol. The second-order valence-corrected chi connectivity index (χ2v) is 13.4. The Hall–Kier alpha value is -0.537. The fourth-order valence-corrected chi connectivity index (χ4v) is 5.19. The number of anilines is 2. The van der Waals surface area contributed by atoms with Gasteiger partial charge in [-0.25, -0.2) is 16.8 Å². The number of carbonyl (C=O) groups is 1. The van der Waals surface area contributed by atoms with E-state index in [0.29, 0.717) is 27.1 Å². The first-order chi connectivity index (χ1) is 21.2. The van der Waals surface area contributed by atoms with Crippen LogP contribution in [0.5, 0.6) is 11.5 Å². The molecule has 4 rings (SSSR count). The van der Waals surface area contributed by atoms with E-state index >= 15 is 0 Å². The number of pyridine rings is 2. The molecule has 250 valence electrons. The van der Waals surface area contributed by atoms with Gasteiger partial charge in [0.25, 0.3) is 6.47 Å². The van der Waals surface area contributed by atoms with Gasteiger partial charge in [0.1, 0.15) is 27.9 Å². The molecule has 4 aromatic rings. The summed E-state index contributed by atoms with van der Waals surface area (Å²) in [5.74, 6) is -0.0736. The van der Waals surface area contributed by atoms with Crippen molar-refractivity contribution in [3.8, 4) is 11.5 Å². The Labute approximate surface area is 368 Å². The van der Waals surface area contributed by atoms with Gasteiger partial charge >= 0.3 is 103 Å². The molecule has 0 atom stereocenters. The molecule has 0 fully saturated rings. The van der Waals surface area contributed by atoms with Crippen LogP contribution in [0.25, 0.3) is 21.8 Å². The predicted octanol–water partition coefficient (Wildman–Crippen LogP) is -4.63. The van der Waals surface area contributed by atoms with Crippen molar-refractivity contribution in [1.29, 1.82) is 0 Å². The SMILES string of the molecule is CNc1ccnc2cc(O)c(S(C)(=O)=O)cc12.CNc1ccnc2cc(OCCO)c(S(C)(=O)=O)cc12.O=CO[O-].OCCBr.[H-].[K+].[K+]. The first-order valence-corrected chi connectivity index (χ1v) is 17.6. The van der Waals surface area contributed by atoms with E-state index < -0.39 is 19.7 Å². The van der Waals surface area contributed by atoms with E-state index in [1.807, 2.05) is 0 Å². The average Bonchev–Trinajstić information content (AvgIpc) is 3.01. The molecule has 2 aromatic carbocycles. The molecule has 5 N–H and O–H groups in total. The monoisotopic (exact) mass is 812 g/mol. The number of benzene rings is 2. The molecule has 0 aliphatic carbocycles. The van der Waals surface area contributed by atoms with Crippen molar-refractivity contribution >= 4 is 75.3 Å². The molecule has 2 aromatic heterocycles. The first-order valence-electron chi connectivity index (χ1n) is 12.7. The van der Waals surface area contributed by atoms with Crippen LogP contribution >= 0.6 is 15.9 Å². The number of carbonyl (C=O) groups excluding carboxylic acids is 1. The number of aliphatic hydroxyl groups is 2. The van der Waals surface area contributed by atoms with Gasteiger partial charge in [-0.3, -0.25) is 14.8 Å². The number of nitrogens with one attached hydrogen (secondary N) is 2. The summed E-state index contributed by atoms with van der Waals surface area (Å²) in [6.07, 6.45) is 5.40. The Morgan fingerprint density at radius 2 is 1.30 bits per heavy atom. The third kappa shape index (κ3) is 15.9. The largest absolute Gasteiger partial charge is 1.00 e. The number of halogens is 1. The Kier molecular flexibility index (Phi) is 25.4. The van der Waals surface area contributed by atoms with Crippen molar-refractivity contribution < 1.29 is 156 Å². The molecule has 0 saturated heterocycles. The fraction of sp³-hybridized carbons (Fsp3) is 0.296. The minimum Gasteiger partial charge on any atom is -1.00 e. The van der Waals surface area contributed by atoms with Gasteiger partial charge in [0.15, 0.2) is 19.7 Å². The van der Waals surface area contributed by atoms with E-state index in [1.165, 1.54) is 18.2 Å². The van der Waals surface area contributed by atoms with Crippen LogP contribution in [0.2, 0.25) is 0 Å². The number of aromatic nitrogens is 2. The molecule has 0 bridgehead atoms. The van der Waals surface area contributed by atoms with Gasteiger partial charge in [-0.2, -0.15) is 0 Å². The van der Waals surface area contributed by atoms with Gasteiger partial charge < -0.3 is 42.3 Å². The molecule has 2 heterocycles. The summed E-state index contributed by atoms with van der Waals surface area (Å²) in [5, 5.41) is 42.7. The Morgan fingerprint density at radius 3 is 1.66 bits per heavy atom. The number of aliphatic hydroxyl groups excluding tert-OH is 2. The number of ether oxygens (including phenoxy) is 1. The maximum Gasteiger partial charge on any atom is 1.00 e. The van der Waals surface area contributed by atoms with Gasteiger partial charge in [0.05, 0.1) is 24.2 Å². The smallest absolute Gasteiger partial charge is 1.00 e. The third-order valence-corrected chi connectivity index (χ3v) is 8.04. The number of sulfone groups is 2. The summed E-state index contributed by atoms with van der Waals surface area (Å²) in [6.45, 7) is -0.106. The minimum atomic E-state index is -3.46. The zero-order chi connectivity index (χ0) is 34.2. The molecule has 0 unspecified atom stereocenters. The molecular formula is C27H35BrK2N4O11S2. The van der Waals surface area contributed by atoms with E-state index in [2.05, 4.69) is 41.4 Å². The van der Waals surface area contributed by atoms with Crippen molar-refractivity contribution in [3.05, 3.63) is 48.8 Å². The van der Waals surface area contributed by atoms with Crippen LogP contribution in [0.1, 0.15) is 1.43 Å². The summed E-state index contributed by atoms with van der Waals surface area (Å²) in [7, 11) is -3.41. The topological polar surface area (TPSA) is 237 Å². The Morgan fingerprint density at radius 1 is 0.872 bits per heavy atom. The normalized spacial score (nSPS) is 10.2. The summed E-state index contributed by atoms with van der Waals surface area (Å²) in [6, 6.07) is 9.40. The van der Waals surface area contributed by atoms with Crippen molar-refractivity contribution in [2.75, 3.05) is 62.4 Å². The number of fused-ring (bicyclic) bond motifs is 2. The molecule has 47 heavy (non-hydrogen) atoms. The van der Waals surface area contributed by atoms with Gasteiger partial charge in [0, 0.05) is 78.6 Å². The van der Waals surface area contributed by atoms with Crippen LogP contribution in [0.4, 0.5) is 11.4 Å². The van der Waals surface area contributed by atoms with Crippen LogP contribution in [0, 0.1) is 0 Å². The Balaban J connectivity index is -0.000000660. The number of hydrogen-bond acceptors (Lipinski definition) is 15.